The fourth-order valence-electron chi connectivity index (χ4n) is 3.79. The number of hydrogen-bond acceptors (Lipinski definition) is 2. The van der Waals surface area contributed by atoms with Crippen LogP contribution in [0.3, 0.4) is 0 Å². The molecule has 1 heterocycles. The second kappa shape index (κ2) is 9.02. The van der Waals surface area contributed by atoms with Gasteiger partial charge in [0.2, 0.25) is 0 Å². The number of benzene rings is 2. The molecule has 2 N–H and O–H groups in total. The van der Waals surface area contributed by atoms with Gasteiger partial charge in [-0.15, -0.1) is 13.2 Å². The van der Waals surface area contributed by atoms with Crippen LogP contribution >= 0.6 is 0 Å². The van der Waals surface area contributed by atoms with E-state index in [4.69, 9.17) is 5.73 Å². The Kier molecular flexibility index (Phi) is 6.57. The predicted octanol–water partition coefficient (Wildman–Crippen LogP) is 5.74. The van der Waals surface area contributed by atoms with E-state index in [9.17, 15) is 26.7 Å². The Morgan fingerprint density at radius 1 is 1.09 bits per heavy atom. The Labute approximate surface area is 181 Å². The van der Waals surface area contributed by atoms with Gasteiger partial charge < -0.3 is 15.0 Å². The van der Waals surface area contributed by atoms with Crippen LogP contribution in [-0.4, -0.2) is 16.8 Å². The summed E-state index contributed by atoms with van der Waals surface area (Å²) in [6.07, 6.45) is -3.74. The van der Waals surface area contributed by atoms with Crippen molar-refractivity contribution >= 4 is 5.91 Å². The molecule has 0 radical (unpaired) electrons. The van der Waals surface area contributed by atoms with Crippen molar-refractivity contribution < 1.29 is 31.5 Å². The lowest BCUT2D eigenvalue weighted by Crippen LogP contribution is -2.17. The Bertz CT molecular complexity index is 1150. The summed E-state index contributed by atoms with van der Waals surface area (Å²) >= 11 is 0. The van der Waals surface area contributed by atoms with E-state index >= 15 is 0 Å². The molecule has 4 nitrogen and oxygen atoms in total. The van der Waals surface area contributed by atoms with Gasteiger partial charge in [0.1, 0.15) is 5.75 Å². The maximum Gasteiger partial charge on any atom is 0.573 e. The standard InChI is InChI=1S/C23H21F5N2O2/c1-3-5-19-21(15-6-4-7-16(11-15)32-23(26,27)28)20(22(29)31)13(2)30(19)12-14-8-9-17(24)18(25)10-14/h4,6-11H,3,5,12H2,1-2H3,(H2,29,31). The van der Waals surface area contributed by atoms with E-state index in [1.54, 1.807) is 17.6 Å². The van der Waals surface area contributed by atoms with Gasteiger partial charge in [0.25, 0.3) is 5.91 Å². The van der Waals surface area contributed by atoms with Crippen LogP contribution in [0.4, 0.5) is 22.0 Å². The van der Waals surface area contributed by atoms with E-state index < -0.39 is 29.7 Å². The fraction of sp³-hybridized carbons (Fsp3) is 0.261. The van der Waals surface area contributed by atoms with Crippen molar-refractivity contribution in [2.45, 2.75) is 39.6 Å². The number of primary amides is 1. The molecule has 0 unspecified atom stereocenters. The van der Waals surface area contributed by atoms with Crippen LogP contribution < -0.4 is 10.5 Å². The molecule has 32 heavy (non-hydrogen) atoms. The molecule has 3 rings (SSSR count). The Morgan fingerprint density at radius 2 is 1.81 bits per heavy atom. The summed E-state index contributed by atoms with van der Waals surface area (Å²) in [5.74, 6) is -3.16. The van der Waals surface area contributed by atoms with Gasteiger partial charge in [-0.3, -0.25) is 4.79 Å². The smallest absolute Gasteiger partial charge is 0.406 e. The summed E-state index contributed by atoms with van der Waals surface area (Å²) in [6, 6.07) is 8.80. The van der Waals surface area contributed by atoms with Crippen LogP contribution in [-0.2, 0) is 13.0 Å². The zero-order valence-electron chi connectivity index (χ0n) is 17.4. The zero-order valence-corrected chi connectivity index (χ0v) is 17.4. The number of carbonyl (C=O) groups excluding carboxylic acids is 1. The molecule has 0 spiro atoms. The van der Waals surface area contributed by atoms with Crippen molar-refractivity contribution in [3.8, 4) is 16.9 Å². The van der Waals surface area contributed by atoms with E-state index in [0.717, 1.165) is 18.2 Å². The third-order valence-corrected chi connectivity index (χ3v) is 5.05. The Morgan fingerprint density at radius 3 is 2.41 bits per heavy atom. The molecule has 2 aromatic carbocycles. The van der Waals surface area contributed by atoms with Crippen molar-refractivity contribution in [3.05, 3.63) is 76.6 Å². The Hall–Kier alpha value is -3.36. The number of nitrogens with zero attached hydrogens (tertiary/aromatic N) is 1. The normalized spacial score (nSPS) is 11.6. The lowest BCUT2D eigenvalue weighted by molar-refractivity contribution is -0.274. The highest BCUT2D eigenvalue weighted by molar-refractivity contribution is 6.02. The van der Waals surface area contributed by atoms with E-state index in [0.29, 0.717) is 40.9 Å². The molecule has 0 aliphatic carbocycles. The van der Waals surface area contributed by atoms with Gasteiger partial charge in [0.15, 0.2) is 11.6 Å². The van der Waals surface area contributed by atoms with Gasteiger partial charge in [-0.05, 0) is 48.7 Å². The minimum Gasteiger partial charge on any atom is -0.406 e. The minimum atomic E-state index is -4.87. The van der Waals surface area contributed by atoms with Crippen LogP contribution in [0.5, 0.6) is 5.75 Å². The highest BCUT2D eigenvalue weighted by Gasteiger charge is 2.31. The molecular formula is C23H21F5N2O2. The number of halogens is 5. The number of carbonyl (C=O) groups is 1. The third-order valence-electron chi connectivity index (χ3n) is 5.05. The van der Waals surface area contributed by atoms with Crippen LogP contribution in [0.15, 0.2) is 42.5 Å². The summed E-state index contributed by atoms with van der Waals surface area (Å²) in [4.78, 5) is 12.3. The number of aromatic nitrogens is 1. The van der Waals surface area contributed by atoms with Gasteiger partial charge in [-0.1, -0.05) is 31.5 Å². The van der Waals surface area contributed by atoms with Gasteiger partial charge in [0, 0.05) is 23.5 Å². The number of rotatable bonds is 7. The van der Waals surface area contributed by atoms with E-state index in [1.165, 1.54) is 18.2 Å². The average Bonchev–Trinajstić information content (AvgIpc) is 2.96. The second-order valence-corrected chi connectivity index (χ2v) is 7.31. The molecule has 170 valence electrons. The SMILES string of the molecule is CCCc1c(-c2cccc(OC(F)(F)F)c2)c(C(N)=O)c(C)n1Cc1ccc(F)c(F)c1. The quantitative estimate of drug-likeness (QED) is 0.465. The average molecular weight is 452 g/mol. The number of nitrogens with two attached hydrogens (primary N) is 1. The van der Waals surface area contributed by atoms with Crippen LogP contribution in [0.2, 0.25) is 0 Å². The van der Waals surface area contributed by atoms with E-state index in [1.807, 2.05) is 6.92 Å². The second-order valence-electron chi connectivity index (χ2n) is 7.31. The zero-order chi connectivity index (χ0) is 23.6. The molecule has 3 aromatic rings. The first-order valence-electron chi connectivity index (χ1n) is 9.83. The van der Waals surface area contributed by atoms with Crippen LogP contribution in [0.25, 0.3) is 11.1 Å². The van der Waals surface area contributed by atoms with Gasteiger partial charge in [0.05, 0.1) is 5.56 Å². The number of amides is 1. The van der Waals surface area contributed by atoms with Gasteiger partial charge in [-0.25, -0.2) is 8.78 Å². The fourth-order valence-corrected chi connectivity index (χ4v) is 3.79. The first-order chi connectivity index (χ1) is 15.0. The van der Waals surface area contributed by atoms with Crippen LogP contribution in [0.1, 0.15) is 40.7 Å². The van der Waals surface area contributed by atoms with Crippen molar-refractivity contribution in [2.24, 2.45) is 5.73 Å². The minimum absolute atomic E-state index is 0.122. The molecule has 0 aliphatic rings. The summed E-state index contributed by atoms with van der Waals surface area (Å²) in [5.41, 5.74) is 8.09. The molecule has 0 bridgehead atoms. The molecule has 0 aliphatic heterocycles. The Balaban J connectivity index is 2.19. The molecular weight excluding hydrogens is 431 g/mol. The maximum absolute atomic E-state index is 13.7. The van der Waals surface area contributed by atoms with Crippen LogP contribution in [0, 0.1) is 18.6 Å². The molecule has 0 atom stereocenters. The van der Waals surface area contributed by atoms with Crippen molar-refractivity contribution in [1.29, 1.82) is 0 Å². The number of hydrogen-bond donors (Lipinski definition) is 1. The van der Waals surface area contributed by atoms with Crippen molar-refractivity contribution in [3.63, 3.8) is 0 Å². The lowest BCUT2D eigenvalue weighted by Gasteiger charge is -2.14. The monoisotopic (exact) mass is 452 g/mol. The molecule has 0 saturated heterocycles. The largest absolute Gasteiger partial charge is 0.573 e. The summed E-state index contributed by atoms with van der Waals surface area (Å²) in [6.45, 7) is 3.68. The van der Waals surface area contributed by atoms with Crippen molar-refractivity contribution in [1.82, 2.24) is 4.57 Å². The summed E-state index contributed by atoms with van der Waals surface area (Å²) < 4.78 is 70.9. The first kappa shape index (κ1) is 23.3. The third kappa shape index (κ3) is 4.92. The molecule has 1 aromatic heterocycles. The van der Waals surface area contributed by atoms with Crippen molar-refractivity contribution in [2.75, 3.05) is 0 Å². The topological polar surface area (TPSA) is 57.2 Å². The summed E-state index contributed by atoms with van der Waals surface area (Å²) in [7, 11) is 0. The van der Waals surface area contributed by atoms with Gasteiger partial charge in [-0.2, -0.15) is 0 Å². The lowest BCUT2D eigenvalue weighted by atomic mass is 9.98. The number of alkyl halides is 3. The van der Waals surface area contributed by atoms with Gasteiger partial charge >= 0.3 is 6.36 Å². The highest BCUT2D eigenvalue weighted by Crippen LogP contribution is 2.36. The molecule has 1 amide bonds. The van der Waals surface area contributed by atoms with E-state index in [2.05, 4.69) is 4.74 Å². The number of ether oxygens (including phenoxy) is 1. The molecule has 0 fully saturated rings. The maximum atomic E-state index is 13.7. The molecule has 9 heteroatoms. The summed E-state index contributed by atoms with van der Waals surface area (Å²) in [5, 5.41) is 0. The molecule has 0 saturated carbocycles. The first-order valence-corrected chi connectivity index (χ1v) is 9.83. The highest BCUT2D eigenvalue weighted by atomic mass is 19.4. The predicted molar refractivity (Wildman–Crippen MR) is 109 cm³/mol. The van der Waals surface area contributed by atoms with E-state index in [-0.39, 0.29) is 12.1 Å².